The summed E-state index contributed by atoms with van der Waals surface area (Å²) < 4.78 is 0. The summed E-state index contributed by atoms with van der Waals surface area (Å²) in [5.41, 5.74) is 4.01. The first-order chi connectivity index (χ1) is 12.4. The molecule has 0 saturated carbocycles. The molecule has 0 spiro atoms. The number of nitrogens with zero attached hydrogens (tertiary/aromatic N) is 1. The van der Waals surface area contributed by atoms with Crippen LogP contribution in [0.15, 0.2) is 30.3 Å². The number of nitrogens with one attached hydrogen (secondary N) is 1. The highest BCUT2D eigenvalue weighted by molar-refractivity contribution is 6.08. The second kappa shape index (κ2) is 7.28. The van der Waals surface area contributed by atoms with Crippen LogP contribution in [0.5, 0.6) is 11.5 Å². The van der Waals surface area contributed by atoms with Crippen LogP contribution in [-0.2, 0) is 6.42 Å². The van der Waals surface area contributed by atoms with Crippen molar-refractivity contribution in [2.24, 2.45) is 0 Å². The Hall–Kier alpha value is -2.69. The first-order valence-electron chi connectivity index (χ1n) is 9.17. The zero-order valence-corrected chi connectivity index (χ0v) is 15.5. The fourth-order valence-electron chi connectivity index (χ4n) is 3.45. The second-order valence-electron chi connectivity index (χ2n) is 7.00. The molecule has 0 aromatic heterocycles. The third-order valence-electron chi connectivity index (χ3n) is 4.90. The molecule has 5 nitrogen and oxygen atoms in total. The number of fused-ring (bicyclic) bond motifs is 1. The van der Waals surface area contributed by atoms with Gasteiger partial charge in [-0.1, -0.05) is 13.8 Å². The van der Waals surface area contributed by atoms with Crippen molar-refractivity contribution in [1.82, 2.24) is 0 Å². The molecule has 1 heterocycles. The Kier molecular flexibility index (Phi) is 5.07. The van der Waals surface area contributed by atoms with Crippen LogP contribution in [0.2, 0.25) is 0 Å². The molecule has 1 amide bonds. The highest BCUT2D eigenvalue weighted by Gasteiger charge is 2.23. The summed E-state index contributed by atoms with van der Waals surface area (Å²) in [5.74, 6) is -0.408. The van der Waals surface area contributed by atoms with E-state index in [0.717, 1.165) is 30.8 Å². The molecule has 3 N–H and O–H groups in total. The average molecular weight is 354 g/mol. The number of amides is 1. The molecular formula is C21H26N2O3. The number of aryl methyl sites for hydroxylation is 1. The molecule has 0 fully saturated rings. The number of carbonyl (C=O) groups excluding carboxylic acids is 1. The van der Waals surface area contributed by atoms with Crippen LogP contribution in [0.4, 0.5) is 11.4 Å². The molecule has 0 radical (unpaired) electrons. The number of phenolic OH excluding ortho intramolecular Hbond substituents is 2. The summed E-state index contributed by atoms with van der Waals surface area (Å²) in [6.07, 6.45) is 2.07. The zero-order valence-electron chi connectivity index (χ0n) is 15.5. The maximum Gasteiger partial charge on any atom is 0.262 e. The van der Waals surface area contributed by atoms with Crippen molar-refractivity contribution in [3.63, 3.8) is 0 Å². The Labute approximate surface area is 154 Å². The van der Waals surface area contributed by atoms with Crippen LogP contribution in [0.1, 0.15) is 54.6 Å². The van der Waals surface area contributed by atoms with E-state index in [9.17, 15) is 15.0 Å². The smallest absolute Gasteiger partial charge is 0.262 e. The van der Waals surface area contributed by atoms with E-state index in [0.29, 0.717) is 12.1 Å². The monoisotopic (exact) mass is 354 g/mol. The number of anilines is 2. The number of hydrogen-bond donors (Lipinski definition) is 3. The van der Waals surface area contributed by atoms with E-state index in [-0.39, 0.29) is 28.9 Å². The van der Waals surface area contributed by atoms with Gasteiger partial charge in [0, 0.05) is 30.5 Å². The van der Waals surface area contributed by atoms with Gasteiger partial charge in [-0.2, -0.15) is 0 Å². The minimum Gasteiger partial charge on any atom is -0.508 e. The zero-order chi connectivity index (χ0) is 18.8. The van der Waals surface area contributed by atoms with Gasteiger partial charge in [0.2, 0.25) is 0 Å². The van der Waals surface area contributed by atoms with Gasteiger partial charge in [-0.3, -0.25) is 4.79 Å². The number of phenols is 2. The van der Waals surface area contributed by atoms with Gasteiger partial charge in [0.05, 0.1) is 5.56 Å². The normalized spacial score (nSPS) is 13.2. The fourth-order valence-corrected chi connectivity index (χ4v) is 3.45. The first kappa shape index (κ1) is 18.1. The van der Waals surface area contributed by atoms with E-state index >= 15 is 0 Å². The first-order valence-corrected chi connectivity index (χ1v) is 9.17. The van der Waals surface area contributed by atoms with Gasteiger partial charge in [0.15, 0.2) is 0 Å². The molecule has 1 aliphatic heterocycles. The van der Waals surface area contributed by atoms with Crippen molar-refractivity contribution in [2.75, 3.05) is 23.3 Å². The highest BCUT2D eigenvalue weighted by Crippen LogP contribution is 2.34. The minimum absolute atomic E-state index is 0.0111. The van der Waals surface area contributed by atoms with Crippen molar-refractivity contribution < 1.29 is 15.0 Å². The number of hydrogen-bond acceptors (Lipinski definition) is 4. The lowest BCUT2D eigenvalue weighted by Crippen LogP contribution is -2.31. The quantitative estimate of drug-likeness (QED) is 0.768. The summed E-state index contributed by atoms with van der Waals surface area (Å²) in [4.78, 5) is 14.8. The van der Waals surface area contributed by atoms with Crippen molar-refractivity contribution in [1.29, 1.82) is 0 Å². The predicted molar refractivity (Wildman–Crippen MR) is 104 cm³/mol. The van der Waals surface area contributed by atoms with E-state index in [1.54, 1.807) is 11.0 Å². The van der Waals surface area contributed by atoms with Crippen LogP contribution in [0, 0.1) is 0 Å². The highest BCUT2D eigenvalue weighted by atomic mass is 16.3. The Morgan fingerprint density at radius 3 is 2.65 bits per heavy atom. The van der Waals surface area contributed by atoms with E-state index in [4.69, 9.17) is 0 Å². The number of benzene rings is 2. The lowest BCUT2D eigenvalue weighted by molar-refractivity contribution is 0.0985. The Balaban J connectivity index is 1.98. The summed E-state index contributed by atoms with van der Waals surface area (Å²) >= 11 is 0. The van der Waals surface area contributed by atoms with Gasteiger partial charge < -0.3 is 20.4 Å². The number of aromatic hydroxyl groups is 2. The lowest BCUT2D eigenvalue weighted by atomic mass is 9.98. The third kappa shape index (κ3) is 3.34. The number of carbonyl (C=O) groups is 1. The molecule has 0 aliphatic carbocycles. The van der Waals surface area contributed by atoms with Gasteiger partial charge >= 0.3 is 0 Å². The molecule has 5 heteroatoms. The Bertz CT molecular complexity index is 830. The van der Waals surface area contributed by atoms with Crippen LogP contribution in [0.25, 0.3) is 0 Å². The van der Waals surface area contributed by atoms with Gasteiger partial charge in [-0.25, -0.2) is 0 Å². The molecule has 26 heavy (non-hydrogen) atoms. The van der Waals surface area contributed by atoms with E-state index < -0.39 is 0 Å². The third-order valence-corrected chi connectivity index (χ3v) is 4.90. The topological polar surface area (TPSA) is 72.8 Å². The van der Waals surface area contributed by atoms with Gasteiger partial charge in [0.1, 0.15) is 11.5 Å². The van der Waals surface area contributed by atoms with Gasteiger partial charge in [-0.15, -0.1) is 0 Å². The maximum atomic E-state index is 13.1. The van der Waals surface area contributed by atoms with Crippen LogP contribution >= 0.6 is 0 Å². The molecule has 2 aromatic carbocycles. The van der Waals surface area contributed by atoms with Gasteiger partial charge in [-0.05, 0) is 61.1 Å². The van der Waals surface area contributed by atoms with Crippen molar-refractivity contribution in [3.8, 4) is 11.5 Å². The Morgan fingerprint density at radius 2 is 1.96 bits per heavy atom. The van der Waals surface area contributed by atoms with Crippen molar-refractivity contribution in [3.05, 3.63) is 47.0 Å². The van der Waals surface area contributed by atoms with Crippen molar-refractivity contribution >= 4 is 17.3 Å². The minimum atomic E-state index is -0.268. The molecule has 0 bridgehead atoms. The molecule has 138 valence electrons. The lowest BCUT2D eigenvalue weighted by Gasteiger charge is -2.25. The van der Waals surface area contributed by atoms with Crippen LogP contribution in [0.3, 0.4) is 0 Å². The molecular weight excluding hydrogens is 328 g/mol. The van der Waals surface area contributed by atoms with E-state index in [1.807, 2.05) is 39.0 Å². The van der Waals surface area contributed by atoms with Crippen LogP contribution < -0.4 is 10.2 Å². The van der Waals surface area contributed by atoms with E-state index in [1.165, 1.54) is 11.6 Å². The van der Waals surface area contributed by atoms with E-state index in [2.05, 4.69) is 5.32 Å². The predicted octanol–water partition coefficient (Wildman–Crippen LogP) is 4.25. The molecule has 2 aromatic rings. The van der Waals surface area contributed by atoms with Gasteiger partial charge in [0.25, 0.3) is 5.91 Å². The molecule has 0 atom stereocenters. The molecule has 3 rings (SSSR count). The number of rotatable bonds is 4. The standard InChI is InChI=1S/C21H26N2O3/c1-4-23(15-7-8-18-14(10-15)6-5-9-22-18)21(26)17-11-16(13(2)3)19(24)12-20(17)25/h7-8,10-13,22,24-25H,4-6,9H2,1-3H3. The largest absolute Gasteiger partial charge is 0.508 e. The summed E-state index contributed by atoms with van der Waals surface area (Å²) in [6.45, 7) is 7.25. The summed E-state index contributed by atoms with van der Waals surface area (Å²) in [7, 11) is 0. The Morgan fingerprint density at radius 1 is 1.19 bits per heavy atom. The molecule has 1 aliphatic rings. The van der Waals surface area contributed by atoms with Crippen molar-refractivity contribution in [2.45, 2.75) is 39.5 Å². The SMILES string of the molecule is CCN(C(=O)c1cc(C(C)C)c(O)cc1O)c1ccc2c(c1)CCCN2. The average Bonchev–Trinajstić information content (AvgIpc) is 2.61. The van der Waals surface area contributed by atoms with Crippen LogP contribution in [-0.4, -0.2) is 29.2 Å². The summed E-state index contributed by atoms with van der Waals surface area (Å²) in [6, 6.07) is 8.84. The fraction of sp³-hybridized carbons (Fsp3) is 0.381. The second-order valence-corrected chi connectivity index (χ2v) is 7.00. The maximum absolute atomic E-state index is 13.1. The molecule has 0 unspecified atom stereocenters. The molecule has 0 saturated heterocycles. The summed E-state index contributed by atoms with van der Waals surface area (Å²) in [5, 5.41) is 23.6.